The van der Waals surface area contributed by atoms with Gasteiger partial charge in [0.1, 0.15) is 5.78 Å². The van der Waals surface area contributed by atoms with Gasteiger partial charge in [0.05, 0.1) is 0 Å². The van der Waals surface area contributed by atoms with Crippen molar-refractivity contribution in [2.45, 2.75) is 40.5 Å². The predicted octanol–water partition coefficient (Wildman–Crippen LogP) is 3.45. The lowest BCUT2D eigenvalue weighted by molar-refractivity contribution is -0.123. The highest BCUT2D eigenvalue weighted by Crippen LogP contribution is 2.26. The molecule has 0 N–H and O–H groups in total. The van der Waals surface area contributed by atoms with Crippen LogP contribution in [-0.4, -0.2) is 5.78 Å². The van der Waals surface area contributed by atoms with Crippen LogP contribution in [0.1, 0.15) is 40.5 Å². The number of allylic oxidation sites excluding steroid dienone is 1. The zero-order valence-electron chi connectivity index (χ0n) is 9.34. The Hall–Kier alpha value is -0.590. The van der Waals surface area contributed by atoms with Gasteiger partial charge in [0.25, 0.3) is 0 Å². The van der Waals surface area contributed by atoms with Gasteiger partial charge in [0.2, 0.25) is 0 Å². The van der Waals surface area contributed by atoms with Crippen LogP contribution in [0.3, 0.4) is 0 Å². The molecule has 0 aromatic heterocycles. The lowest BCUT2D eigenvalue weighted by atomic mass is 9.78. The molecule has 0 aliphatic rings. The van der Waals surface area contributed by atoms with E-state index in [9.17, 15) is 4.79 Å². The highest BCUT2D eigenvalue weighted by molar-refractivity contribution is 5.79. The van der Waals surface area contributed by atoms with Crippen molar-refractivity contribution in [3.63, 3.8) is 0 Å². The van der Waals surface area contributed by atoms with Crippen LogP contribution in [0.15, 0.2) is 12.7 Å². The van der Waals surface area contributed by atoms with Crippen LogP contribution in [0.25, 0.3) is 0 Å². The molecule has 0 heterocycles. The summed E-state index contributed by atoms with van der Waals surface area (Å²) in [4.78, 5) is 11.4. The molecule has 0 aliphatic heterocycles. The molecule has 0 saturated heterocycles. The maximum Gasteiger partial charge on any atom is 0.133 e. The molecular weight excluding hydrogens is 160 g/mol. The van der Waals surface area contributed by atoms with Crippen molar-refractivity contribution in [2.24, 2.45) is 17.8 Å². The van der Waals surface area contributed by atoms with Crippen molar-refractivity contribution >= 4 is 5.78 Å². The molecule has 0 rings (SSSR count). The van der Waals surface area contributed by atoms with E-state index in [1.165, 1.54) is 0 Å². The van der Waals surface area contributed by atoms with E-state index in [2.05, 4.69) is 27.4 Å². The van der Waals surface area contributed by atoms with E-state index in [0.29, 0.717) is 17.6 Å². The van der Waals surface area contributed by atoms with Gasteiger partial charge in [-0.3, -0.25) is 4.79 Å². The molecule has 0 aromatic carbocycles. The number of rotatable bonds is 6. The minimum atomic E-state index is 0.164. The number of carbonyl (C=O) groups is 1. The van der Waals surface area contributed by atoms with E-state index >= 15 is 0 Å². The minimum absolute atomic E-state index is 0.164. The zero-order chi connectivity index (χ0) is 10.4. The van der Waals surface area contributed by atoms with Crippen molar-refractivity contribution in [2.75, 3.05) is 0 Å². The zero-order valence-corrected chi connectivity index (χ0v) is 9.34. The van der Waals surface area contributed by atoms with Crippen LogP contribution >= 0.6 is 0 Å². The third kappa shape index (κ3) is 3.75. The van der Waals surface area contributed by atoms with Crippen molar-refractivity contribution in [1.82, 2.24) is 0 Å². The first-order valence-electron chi connectivity index (χ1n) is 5.17. The van der Waals surface area contributed by atoms with E-state index in [4.69, 9.17) is 0 Å². The third-order valence-corrected chi connectivity index (χ3v) is 2.57. The summed E-state index contributed by atoms with van der Waals surface area (Å²) >= 11 is 0. The second-order valence-electron chi connectivity index (χ2n) is 4.07. The summed E-state index contributed by atoms with van der Waals surface area (Å²) in [6, 6.07) is 0. The van der Waals surface area contributed by atoms with Gasteiger partial charge in [-0.05, 0) is 25.2 Å². The number of carbonyl (C=O) groups excluding carboxylic acids is 1. The third-order valence-electron chi connectivity index (χ3n) is 2.57. The average molecular weight is 182 g/mol. The number of Topliss-reactive ketones (excluding diaryl/α,β-unsaturated/α-hetero) is 1. The number of hydrogen-bond acceptors (Lipinski definition) is 1. The van der Waals surface area contributed by atoms with Gasteiger partial charge in [0, 0.05) is 5.92 Å². The van der Waals surface area contributed by atoms with Gasteiger partial charge in [-0.15, -0.1) is 6.58 Å². The first-order chi connectivity index (χ1) is 6.04. The Kier molecular flexibility index (Phi) is 5.68. The summed E-state index contributed by atoms with van der Waals surface area (Å²) < 4.78 is 0. The summed E-state index contributed by atoms with van der Waals surface area (Å²) in [6.07, 6.45) is 4.13. The van der Waals surface area contributed by atoms with Crippen LogP contribution in [0.5, 0.6) is 0 Å². The van der Waals surface area contributed by atoms with E-state index in [1.54, 1.807) is 6.92 Å². The fraction of sp³-hybridized carbons (Fsp3) is 0.750. The molecule has 1 heteroatoms. The van der Waals surface area contributed by atoms with Crippen LogP contribution in [0.4, 0.5) is 0 Å². The first-order valence-corrected chi connectivity index (χ1v) is 5.17. The maximum absolute atomic E-state index is 11.4. The van der Waals surface area contributed by atoms with Gasteiger partial charge < -0.3 is 0 Å². The molecule has 0 fully saturated rings. The fourth-order valence-electron chi connectivity index (χ4n) is 2.04. The average Bonchev–Trinajstić information content (AvgIpc) is 2.02. The topological polar surface area (TPSA) is 17.1 Å². The number of ketones is 1. The number of hydrogen-bond donors (Lipinski definition) is 0. The Morgan fingerprint density at radius 1 is 1.46 bits per heavy atom. The molecule has 0 bridgehead atoms. The Bertz CT molecular complexity index is 170. The molecule has 0 radical (unpaired) electrons. The molecule has 0 aromatic rings. The van der Waals surface area contributed by atoms with Crippen molar-refractivity contribution in [3.8, 4) is 0 Å². The van der Waals surface area contributed by atoms with Crippen molar-refractivity contribution in [1.29, 1.82) is 0 Å². The van der Waals surface area contributed by atoms with Crippen molar-refractivity contribution < 1.29 is 4.79 Å². The summed E-state index contributed by atoms with van der Waals surface area (Å²) in [5.41, 5.74) is 0. The molecule has 0 saturated carbocycles. The quantitative estimate of drug-likeness (QED) is 0.575. The molecule has 0 aliphatic carbocycles. The van der Waals surface area contributed by atoms with Gasteiger partial charge in [-0.2, -0.15) is 0 Å². The molecule has 2 atom stereocenters. The first kappa shape index (κ1) is 12.4. The summed E-state index contributed by atoms with van der Waals surface area (Å²) in [6.45, 7) is 11.9. The smallest absolute Gasteiger partial charge is 0.133 e. The largest absolute Gasteiger partial charge is 0.300 e. The SMILES string of the molecule is C=CC(CCC)C(C(C)=O)C(C)C. The highest BCUT2D eigenvalue weighted by atomic mass is 16.1. The Labute approximate surface area is 82.2 Å². The lowest BCUT2D eigenvalue weighted by Gasteiger charge is -2.25. The lowest BCUT2D eigenvalue weighted by Crippen LogP contribution is -2.25. The van der Waals surface area contributed by atoms with Crippen LogP contribution < -0.4 is 0 Å². The predicted molar refractivity (Wildman–Crippen MR) is 57.6 cm³/mol. The van der Waals surface area contributed by atoms with Crippen LogP contribution in [0.2, 0.25) is 0 Å². The Morgan fingerprint density at radius 3 is 2.23 bits per heavy atom. The van der Waals surface area contributed by atoms with E-state index in [1.807, 2.05) is 6.08 Å². The second kappa shape index (κ2) is 5.95. The monoisotopic (exact) mass is 182 g/mol. The molecule has 0 spiro atoms. The molecular formula is C12H22O. The highest BCUT2D eigenvalue weighted by Gasteiger charge is 2.25. The summed E-state index contributed by atoms with van der Waals surface area (Å²) in [5.74, 6) is 1.25. The fourth-order valence-corrected chi connectivity index (χ4v) is 2.04. The van der Waals surface area contributed by atoms with Gasteiger partial charge in [-0.1, -0.05) is 33.3 Å². The van der Waals surface area contributed by atoms with Gasteiger partial charge in [-0.25, -0.2) is 0 Å². The van der Waals surface area contributed by atoms with Crippen LogP contribution in [-0.2, 0) is 4.79 Å². The maximum atomic E-state index is 11.4. The van der Waals surface area contributed by atoms with Crippen LogP contribution in [0, 0.1) is 17.8 Å². The molecule has 0 amide bonds. The second-order valence-corrected chi connectivity index (χ2v) is 4.07. The Morgan fingerprint density at radius 2 is 2.00 bits per heavy atom. The Balaban J connectivity index is 4.48. The van der Waals surface area contributed by atoms with E-state index < -0.39 is 0 Å². The van der Waals surface area contributed by atoms with Gasteiger partial charge in [0.15, 0.2) is 0 Å². The van der Waals surface area contributed by atoms with Crippen molar-refractivity contribution in [3.05, 3.63) is 12.7 Å². The molecule has 1 nitrogen and oxygen atoms in total. The molecule has 76 valence electrons. The standard InChI is InChI=1S/C12H22O/c1-6-8-11(7-2)12(9(3)4)10(5)13/h7,9,11-12H,2,6,8H2,1,3-5H3. The van der Waals surface area contributed by atoms with Gasteiger partial charge >= 0.3 is 0 Å². The molecule has 13 heavy (non-hydrogen) atoms. The molecule has 2 unspecified atom stereocenters. The summed E-state index contributed by atoms with van der Waals surface area (Å²) in [7, 11) is 0. The minimum Gasteiger partial charge on any atom is -0.300 e. The van der Waals surface area contributed by atoms with E-state index in [0.717, 1.165) is 12.8 Å². The summed E-state index contributed by atoms with van der Waals surface area (Å²) in [5, 5.41) is 0. The normalized spacial score (nSPS) is 15.5. The van der Waals surface area contributed by atoms with E-state index in [-0.39, 0.29) is 5.92 Å².